The Bertz CT molecular complexity index is 2920. The van der Waals surface area contributed by atoms with Crippen LogP contribution in [0.5, 0.6) is 11.5 Å². The Balaban J connectivity index is 0.946. The summed E-state index contributed by atoms with van der Waals surface area (Å²) in [5, 5.41) is 23.3. The minimum atomic E-state index is -1.06. The fraction of sp³-hybridized carbons (Fsp3) is 0.360. The SMILES string of the molecule is CCc1cc(OCC(=O)N2CCN(CCn3c(C(=O)O)c(CCCOc4cccc5cc(F)ccc45)c4ccc(Cl)c(-c5c(C)nn(C)c5C)c43)CC2)ccc1C(=O)NC1CCC(=O)NC1=O. The lowest BCUT2D eigenvalue weighted by molar-refractivity contribution is -0.135. The molecule has 8 rings (SSSR count). The second-order valence-corrected chi connectivity index (χ2v) is 17.4. The van der Waals surface area contributed by atoms with Gasteiger partial charge in [-0.3, -0.25) is 34.1 Å². The van der Waals surface area contributed by atoms with Crippen LogP contribution in [0.3, 0.4) is 0 Å². The largest absolute Gasteiger partial charge is 0.493 e. The van der Waals surface area contributed by atoms with Crippen molar-refractivity contribution in [3.63, 3.8) is 0 Å². The summed E-state index contributed by atoms with van der Waals surface area (Å²) >= 11 is 7.05. The molecule has 0 spiro atoms. The highest BCUT2D eigenvalue weighted by Crippen LogP contribution is 2.42. The van der Waals surface area contributed by atoms with Crippen LogP contribution in [0.25, 0.3) is 32.8 Å². The van der Waals surface area contributed by atoms with Crippen molar-refractivity contribution in [3.05, 3.63) is 111 Å². The Morgan fingerprint density at radius 1 is 0.955 bits per heavy atom. The van der Waals surface area contributed by atoms with Crippen LogP contribution in [-0.4, -0.2) is 111 Å². The molecule has 0 saturated carbocycles. The summed E-state index contributed by atoms with van der Waals surface area (Å²) in [7, 11) is 1.87. The van der Waals surface area contributed by atoms with Gasteiger partial charge in [-0.25, -0.2) is 9.18 Å². The van der Waals surface area contributed by atoms with E-state index in [1.807, 2.05) is 62.7 Å². The second-order valence-electron chi connectivity index (χ2n) is 17.0. The molecule has 1 unspecified atom stereocenters. The maximum absolute atomic E-state index is 13.9. The van der Waals surface area contributed by atoms with Gasteiger partial charge in [0, 0.05) is 85.9 Å². The number of carboxylic acid groups (broad SMARTS) is 1. The van der Waals surface area contributed by atoms with E-state index in [1.165, 1.54) is 12.1 Å². The molecule has 2 fully saturated rings. The number of ether oxygens (including phenoxy) is 2. The van der Waals surface area contributed by atoms with Crippen molar-refractivity contribution in [2.75, 3.05) is 45.9 Å². The molecule has 15 nitrogen and oxygen atoms in total. The lowest BCUT2D eigenvalue weighted by Crippen LogP contribution is -2.52. The first-order chi connectivity index (χ1) is 32.2. The molecule has 17 heteroatoms. The molecular formula is C50H53ClFN7O8. The van der Waals surface area contributed by atoms with Crippen LogP contribution in [0.2, 0.25) is 5.02 Å². The number of carbonyl (C=O) groups excluding carboxylic acids is 4. The number of nitrogens with one attached hydrogen (secondary N) is 2. The molecule has 0 aliphatic carbocycles. The quantitative estimate of drug-likeness (QED) is 0.0705. The number of nitrogens with zero attached hydrogens (tertiary/aromatic N) is 5. The van der Waals surface area contributed by atoms with E-state index >= 15 is 0 Å². The van der Waals surface area contributed by atoms with Crippen LogP contribution in [0, 0.1) is 19.7 Å². The first kappa shape index (κ1) is 46.7. The molecule has 6 aromatic rings. The number of benzene rings is 4. The van der Waals surface area contributed by atoms with Crippen molar-refractivity contribution < 1.29 is 42.9 Å². The van der Waals surface area contributed by atoms with E-state index in [0.717, 1.165) is 44.2 Å². The van der Waals surface area contributed by atoms with E-state index < -0.39 is 23.8 Å². The number of aromatic carboxylic acids is 1. The van der Waals surface area contributed by atoms with E-state index in [9.17, 15) is 33.5 Å². The Kier molecular flexibility index (Phi) is 13.9. The minimum Gasteiger partial charge on any atom is -0.493 e. The number of aromatic nitrogens is 3. The minimum absolute atomic E-state index is 0.148. The summed E-state index contributed by atoms with van der Waals surface area (Å²) in [5.74, 6) is -1.85. The van der Waals surface area contributed by atoms with Gasteiger partial charge < -0.3 is 29.4 Å². The summed E-state index contributed by atoms with van der Waals surface area (Å²) in [5.41, 5.74) is 5.87. The van der Waals surface area contributed by atoms with Crippen LogP contribution in [0.4, 0.5) is 4.39 Å². The third-order valence-corrected chi connectivity index (χ3v) is 13.2. The molecule has 0 bridgehead atoms. The molecule has 3 N–H and O–H groups in total. The van der Waals surface area contributed by atoms with Crippen LogP contribution in [-0.2, 0) is 40.8 Å². The average molecular weight is 934 g/mol. The first-order valence-electron chi connectivity index (χ1n) is 22.5. The van der Waals surface area contributed by atoms with Crippen LogP contribution in [0.1, 0.15) is 69.5 Å². The molecule has 1 atom stereocenters. The van der Waals surface area contributed by atoms with Crippen LogP contribution >= 0.6 is 11.6 Å². The number of aryl methyl sites for hydroxylation is 4. The number of carboxylic acids is 1. The number of rotatable bonds is 16. The maximum atomic E-state index is 13.9. The van der Waals surface area contributed by atoms with Gasteiger partial charge in [0.2, 0.25) is 11.8 Å². The molecule has 4 amide bonds. The third kappa shape index (κ3) is 9.86. The van der Waals surface area contributed by atoms with Gasteiger partial charge in [-0.1, -0.05) is 36.7 Å². The van der Waals surface area contributed by atoms with Crippen molar-refractivity contribution in [1.82, 2.24) is 34.8 Å². The lowest BCUT2D eigenvalue weighted by atomic mass is 9.98. The van der Waals surface area contributed by atoms with Crippen LogP contribution < -0.4 is 20.1 Å². The molecule has 4 heterocycles. The van der Waals surface area contributed by atoms with E-state index in [0.29, 0.717) is 98.3 Å². The van der Waals surface area contributed by atoms with Gasteiger partial charge in [-0.15, -0.1) is 0 Å². The fourth-order valence-corrected chi connectivity index (χ4v) is 9.56. The van der Waals surface area contributed by atoms with Crippen LogP contribution in [0.15, 0.2) is 66.7 Å². The summed E-state index contributed by atoms with van der Waals surface area (Å²) in [6, 6.07) is 17.9. The molecule has 0 radical (unpaired) electrons. The van der Waals surface area contributed by atoms with Gasteiger partial charge in [-0.2, -0.15) is 5.10 Å². The lowest BCUT2D eigenvalue weighted by Gasteiger charge is -2.35. The molecule has 4 aromatic carbocycles. The molecular weight excluding hydrogens is 881 g/mol. The van der Waals surface area contributed by atoms with Gasteiger partial charge in [0.1, 0.15) is 29.1 Å². The summed E-state index contributed by atoms with van der Waals surface area (Å²) in [6.07, 6.45) is 1.79. The third-order valence-electron chi connectivity index (χ3n) is 12.8. The molecule has 67 heavy (non-hydrogen) atoms. The van der Waals surface area contributed by atoms with E-state index in [4.69, 9.17) is 21.1 Å². The normalized spacial score (nSPS) is 15.6. The number of imide groups is 1. The Morgan fingerprint density at radius 3 is 2.45 bits per heavy atom. The number of piperazine rings is 1. The highest BCUT2D eigenvalue weighted by atomic mass is 35.5. The van der Waals surface area contributed by atoms with Gasteiger partial charge >= 0.3 is 5.97 Å². The highest BCUT2D eigenvalue weighted by Gasteiger charge is 2.31. The molecule has 350 valence electrons. The zero-order chi connectivity index (χ0) is 47.5. The number of fused-ring (bicyclic) bond motifs is 2. The van der Waals surface area contributed by atoms with Gasteiger partial charge in [-0.05, 0) is 105 Å². The van der Waals surface area contributed by atoms with Crippen molar-refractivity contribution in [2.24, 2.45) is 7.05 Å². The van der Waals surface area contributed by atoms with Gasteiger partial charge in [0.05, 0.1) is 22.8 Å². The van der Waals surface area contributed by atoms with E-state index in [1.54, 1.807) is 33.8 Å². The molecule has 2 aliphatic rings. The monoisotopic (exact) mass is 933 g/mol. The Morgan fingerprint density at radius 2 is 1.73 bits per heavy atom. The van der Waals surface area contributed by atoms with Gasteiger partial charge in [0.15, 0.2) is 6.61 Å². The summed E-state index contributed by atoms with van der Waals surface area (Å²) in [4.78, 5) is 67.5. The number of hydrogen-bond acceptors (Lipinski definition) is 9. The predicted molar refractivity (Wildman–Crippen MR) is 251 cm³/mol. The Labute approximate surface area is 391 Å². The molecule has 2 saturated heterocycles. The molecule has 2 aromatic heterocycles. The van der Waals surface area contributed by atoms with Crippen molar-refractivity contribution in [2.45, 2.75) is 65.5 Å². The number of halogens is 2. The highest BCUT2D eigenvalue weighted by molar-refractivity contribution is 6.35. The van der Waals surface area contributed by atoms with E-state index in [2.05, 4.69) is 20.6 Å². The smallest absolute Gasteiger partial charge is 0.352 e. The summed E-state index contributed by atoms with van der Waals surface area (Å²) in [6.45, 7) is 8.73. The maximum Gasteiger partial charge on any atom is 0.352 e. The van der Waals surface area contributed by atoms with E-state index in [-0.39, 0.29) is 42.8 Å². The van der Waals surface area contributed by atoms with Crippen molar-refractivity contribution in [1.29, 1.82) is 0 Å². The predicted octanol–water partition coefficient (Wildman–Crippen LogP) is 6.63. The Hall–Kier alpha value is -6.78. The number of carbonyl (C=O) groups is 5. The van der Waals surface area contributed by atoms with Gasteiger partial charge in [0.25, 0.3) is 11.8 Å². The standard InChI is InChI=1S/C50H53ClFN7O8/c1-5-31-27-34(12-14-36(31)48(62)53-40-17-18-42(60)54-49(40)63)67-28-43(61)58-22-19-57(20-23-58)21-24-59-46-38(15-16-39(51)45(46)44-29(2)55-56(4)30(44)3)37(47(59)50(64)65)9-7-25-66-41-10-6-8-32-26-33(52)11-13-35(32)41/h6,8,10-16,26-27,40H,5,7,9,17-25,28H2,1-4H3,(H,53,62)(H,64,65)(H,54,60,63). The number of amides is 4. The first-order valence-corrected chi connectivity index (χ1v) is 22.9. The zero-order valence-corrected chi connectivity index (χ0v) is 38.7. The molecule has 2 aliphatic heterocycles. The number of piperidine rings is 1. The average Bonchev–Trinajstić information content (AvgIpc) is 3.76. The second kappa shape index (κ2) is 20.0. The fourth-order valence-electron chi connectivity index (χ4n) is 9.31. The van der Waals surface area contributed by atoms with Crippen molar-refractivity contribution in [3.8, 4) is 22.6 Å². The zero-order valence-electron chi connectivity index (χ0n) is 37.9. The summed E-state index contributed by atoms with van der Waals surface area (Å²) < 4.78 is 29.7. The topological polar surface area (TPSA) is 177 Å². The number of hydrogen-bond donors (Lipinski definition) is 3. The van der Waals surface area contributed by atoms with Crippen molar-refractivity contribution >= 4 is 62.9 Å².